The highest BCUT2D eigenvalue weighted by Gasteiger charge is 2.16. The first-order valence-electron chi connectivity index (χ1n) is 8.40. The second-order valence-electron chi connectivity index (χ2n) is 5.70. The number of alkyl halides is 2. The average molecular weight is 410 g/mol. The number of carbonyl (C=O) groups is 2. The van der Waals surface area contributed by atoms with Crippen LogP contribution in [0.25, 0.3) is 0 Å². The molecule has 0 bridgehead atoms. The van der Waals surface area contributed by atoms with E-state index in [2.05, 4.69) is 4.74 Å². The number of Topliss-reactive ketones (excluding diaryl/α,β-unsaturated/α-hetero) is 1. The number of halogens is 2. The summed E-state index contributed by atoms with van der Waals surface area (Å²) in [5.41, 5.74) is 0.748. The van der Waals surface area contributed by atoms with E-state index in [4.69, 9.17) is 18.9 Å². The zero-order valence-electron chi connectivity index (χ0n) is 16.1. The Hall–Kier alpha value is -3.36. The van der Waals surface area contributed by atoms with E-state index in [1.807, 2.05) is 0 Å². The molecular formula is C20H20F2O7. The first kappa shape index (κ1) is 21.9. The summed E-state index contributed by atoms with van der Waals surface area (Å²) < 4.78 is 49.1. The lowest BCUT2D eigenvalue weighted by Gasteiger charge is -2.14. The van der Waals surface area contributed by atoms with Crippen molar-refractivity contribution < 1.29 is 42.1 Å². The molecule has 0 radical (unpaired) electrons. The molecule has 0 heterocycles. The summed E-state index contributed by atoms with van der Waals surface area (Å²) in [4.78, 5) is 24.2. The first-order chi connectivity index (χ1) is 13.9. The summed E-state index contributed by atoms with van der Waals surface area (Å²) in [5.74, 6) is -0.0247. The minimum absolute atomic E-state index is 0.0732. The third-order valence-electron chi connectivity index (χ3n) is 3.84. The molecule has 0 fully saturated rings. The maximum absolute atomic E-state index is 12.1. The number of rotatable bonds is 10. The summed E-state index contributed by atoms with van der Waals surface area (Å²) in [6.45, 7) is -3.44. The van der Waals surface area contributed by atoms with E-state index in [1.54, 1.807) is 12.1 Å². The molecule has 0 aliphatic carbocycles. The average Bonchev–Trinajstić information content (AvgIpc) is 2.71. The second-order valence-corrected chi connectivity index (χ2v) is 5.70. The lowest BCUT2D eigenvalue weighted by molar-refractivity contribution is -0.141. The van der Waals surface area contributed by atoms with E-state index in [-0.39, 0.29) is 17.7 Å². The number of carbonyl (C=O) groups excluding carboxylic acids is 2. The topological polar surface area (TPSA) is 80.3 Å². The fourth-order valence-electron chi connectivity index (χ4n) is 2.51. The normalized spacial score (nSPS) is 10.4. The smallest absolute Gasteiger partial charge is 0.387 e. The maximum Gasteiger partial charge on any atom is 0.387 e. The molecule has 0 aromatic heterocycles. The van der Waals surface area contributed by atoms with Crippen molar-refractivity contribution in [2.24, 2.45) is 0 Å². The third-order valence-corrected chi connectivity index (χ3v) is 3.84. The second kappa shape index (κ2) is 10.3. The van der Waals surface area contributed by atoms with Crippen molar-refractivity contribution >= 4 is 11.8 Å². The fraction of sp³-hybridized carbons (Fsp3) is 0.300. The predicted molar refractivity (Wildman–Crippen MR) is 98.2 cm³/mol. The van der Waals surface area contributed by atoms with Crippen LogP contribution < -0.4 is 18.9 Å². The van der Waals surface area contributed by atoms with E-state index in [0.717, 1.165) is 0 Å². The molecule has 0 spiro atoms. The highest BCUT2D eigenvalue weighted by Crippen LogP contribution is 2.38. The number of hydrogen-bond donors (Lipinski definition) is 0. The van der Waals surface area contributed by atoms with Crippen molar-refractivity contribution in [3.05, 3.63) is 47.5 Å². The summed E-state index contributed by atoms with van der Waals surface area (Å²) in [7, 11) is 4.37. The number of methoxy groups -OCH3 is 3. The van der Waals surface area contributed by atoms with Gasteiger partial charge in [-0.05, 0) is 42.0 Å². The zero-order chi connectivity index (χ0) is 21.4. The van der Waals surface area contributed by atoms with Crippen molar-refractivity contribution in [3.8, 4) is 23.0 Å². The minimum atomic E-state index is -2.95. The van der Waals surface area contributed by atoms with Crippen LogP contribution in [0.4, 0.5) is 8.78 Å². The van der Waals surface area contributed by atoms with Gasteiger partial charge < -0.3 is 23.7 Å². The van der Waals surface area contributed by atoms with Gasteiger partial charge in [-0.15, -0.1) is 0 Å². The molecule has 0 saturated heterocycles. The van der Waals surface area contributed by atoms with Crippen LogP contribution in [0.1, 0.15) is 15.9 Å². The molecule has 0 saturated carbocycles. The highest BCUT2D eigenvalue weighted by molar-refractivity contribution is 5.98. The van der Waals surface area contributed by atoms with Crippen molar-refractivity contribution in [3.63, 3.8) is 0 Å². The summed E-state index contributed by atoms with van der Waals surface area (Å²) in [5, 5.41) is 0. The van der Waals surface area contributed by atoms with Gasteiger partial charge in [0.2, 0.25) is 5.75 Å². The zero-order valence-corrected chi connectivity index (χ0v) is 16.1. The molecule has 0 atom stereocenters. The van der Waals surface area contributed by atoms with Crippen molar-refractivity contribution in [2.75, 3.05) is 27.9 Å². The molecule has 2 rings (SSSR count). The van der Waals surface area contributed by atoms with Crippen LogP contribution >= 0.6 is 0 Å². The molecule has 156 valence electrons. The van der Waals surface area contributed by atoms with Gasteiger partial charge in [0.15, 0.2) is 23.9 Å². The highest BCUT2D eigenvalue weighted by atomic mass is 19.3. The molecule has 9 heteroatoms. The predicted octanol–water partition coefficient (Wildman–Crippen LogP) is 3.28. The van der Waals surface area contributed by atoms with Crippen LogP contribution in [0.15, 0.2) is 36.4 Å². The SMILES string of the molecule is COc1cc(CC(=O)OCC(=O)c2ccc(OC(F)F)cc2)cc(OC)c1OC. The standard InChI is InChI=1S/C20H20F2O7/c1-25-16-8-12(9-17(26-2)19(16)27-3)10-18(24)28-11-15(23)13-4-6-14(7-5-13)29-20(21)22/h4-9,20H,10-11H2,1-3H3. The Balaban J connectivity index is 1.96. The van der Waals surface area contributed by atoms with Crippen LogP contribution in [0.3, 0.4) is 0 Å². The Kier molecular flexibility index (Phi) is 7.76. The Labute approximate surface area is 166 Å². The van der Waals surface area contributed by atoms with Crippen LogP contribution in [0.5, 0.6) is 23.0 Å². The minimum Gasteiger partial charge on any atom is -0.493 e. The van der Waals surface area contributed by atoms with Gasteiger partial charge in [0.25, 0.3) is 0 Å². The third kappa shape index (κ3) is 6.06. The lowest BCUT2D eigenvalue weighted by Crippen LogP contribution is -2.16. The number of hydrogen-bond acceptors (Lipinski definition) is 7. The van der Waals surface area contributed by atoms with Crippen molar-refractivity contribution in [2.45, 2.75) is 13.0 Å². The van der Waals surface area contributed by atoms with E-state index < -0.39 is 25.0 Å². The van der Waals surface area contributed by atoms with Gasteiger partial charge >= 0.3 is 12.6 Å². The molecule has 0 aliphatic heterocycles. The molecule has 2 aromatic rings. The molecule has 0 aliphatic rings. The number of esters is 1. The van der Waals surface area contributed by atoms with Gasteiger partial charge in [-0.1, -0.05) is 0 Å². The monoisotopic (exact) mass is 410 g/mol. The largest absolute Gasteiger partial charge is 0.493 e. The summed E-state index contributed by atoms with van der Waals surface area (Å²) in [6, 6.07) is 8.30. The van der Waals surface area contributed by atoms with Crippen LogP contribution in [-0.4, -0.2) is 46.3 Å². The van der Waals surface area contributed by atoms with Gasteiger partial charge in [-0.25, -0.2) is 0 Å². The lowest BCUT2D eigenvalue weighted by atomic mass is 10.1. The molecule has 0 amide bonds. The van der Waals surface area contributed by atoms with Crippen LogP contribution in [0, 0.1) is 0 Å². The fourth-order valence-corrected chi connectivity index (χ4v) is 2.51. The van der Waals surface area contributed by atoms with E-state index in [1.165, 1.54) is 45.6 Å². The van der Waals surface area contributed by atoms with E-state index in [9.17, 15) is 18.4 Å². The Morgan fingerprint density at radius 2 is 1.52 bits per heavy atom. The van der Waals surface area contributed by atoms with Crippen molar-refractivity contribution in [1.29, 1.82) is 0 Å². The van der Waals surface area contributed by atoms with Gasteiger partial charge in [0.05, 0.1) is 27.8 Å². The summed E-state index contributed by atoms with van der Waals surface area (Å²) >= 11 is 0. The molecule has 2 aromatic carbocycles. The van der Waals surface area contributed by atoms with E-state index in [0.29, 0.717) is 22.8 Å². The molecule has 0 N–H and O–H groups in total. The quantitative estimate of drug-likeness (QED) is 0.439. The maximum atomic E-state index is 12.1. The molecule has 29 heavy (non-hydrogen) atoms. The van der Waals surface area contributed by atoms with Gasteiger partial charge in [0, 0.05) is 5.56 Å². The van der Waals surface area contributed by atoms with Gasteiger partial charge in [-0.3, -0.25) is 9.59 Å². The van der Waals surface area contributed by atoms with Crippen LogP contribution in [0.2, 0.25) is 0 Å². The molecule has 7 nitrogen and oxygen atoms in total. The number of ether oxygens (including phenoxy) is 5. The molecular weight excluding hydrogens is 390 g/mol. The Bertz CT molecular complexity index is 825. The summed E-state index contributed by atoms with van der Waals surface area (Å²) in [6.07, 6.45) is -0.120. The van der Waals surface area contributed by atoms with Gasteiger partial charge in [0.1, 0.15) is 5.75 Å². The number of ketones is 1. The van der Waals surface area contributed by atoms with Crippen LogP contribution in [-0.2, 0) is 16.0 Å². The molecule has 0 unspecified atom stereocenters. The van der Waals surface area contributed by atoms with E-state index >= 15 is 0 Å². The first-order valence-corrected chi connectivity index (χ1v) is 8.40. The Morgan fingerprint density at radius 3 is 2.00 bits per heavy atom. The van der Waals surface area contributed by atoms with Gasteiger partial charge in [-0.2, -0.15) is 8.78 Å². The van der Waals surface area contributed by atoms with Crippen molar-refractivity contribution in [1.82, 2.24) is 0 Å². The Morgan fingerprint density at radius 1 is 0.931 bits per heavy atom. The number of benzene rings is 2.